The van der Waals surface area contributed by atoms with Crippen molar-refractivity contribution in [2.45, 2.75) is 31.3 Å². The summed E-state index contributed by atoms with van der Waals surface area (Å²) < 4.78 is 11.4. The van der Waals surface area contributed by atoms with E-state index in [-0.39, 0.29) is 5.60 Å². The third kappa shape index (κ3) is 1.09. The molecule has 2 saturated heterocycles. The van der Waals surface area contributed by atoms with E-state index in [1.54, 1.807) is 0 Å². The van der Waals surface area contributed by atoms with E-state index in [4.69, 9.17) is 9.47 Å². The van der Waals surface area contributed by atoms with Crippen LogP contribution in [0.3, 0.4) is 0 Å². The predicted molar refractivity (Wildman–Crippen MR) is 45.0 cm³/mol. The topological polar surface area (TPSA) is 18.5 Å². The van der Waals surface area contributed by atoms with Gasteiger partial charge in [0.15, 0.2) is 0 Å². The van der Waals surface area contributed by atoms with Crippen LogP contribution in [0, 0.1) is 11.8 Å². The molecule has 0 aromatic carbocycles. The highest BCUT2D eigenvalue weighted by atomic mass is 16.6. The largest absolute Gasteiger partial charge is 0.378 e. The summed E-state index contributed by atoms with van der Waals surface area (Å²) in [6.45, 7) is 2.77. The molecule has 0 radical (unpaired) electrons. The molecule has 3 fully saturated rings. The second-order valence-corrected chi connectivity index (χ2v) is 4.59. The van der Waals surface area contributed by atoms with Crippen LogP contribution in [0.5, 0.6) is 0 Å². The number of fused-ring (bicyclic) bond motifs is 1. The lowest BCUT2D eigenvalue weighted by Crippen LogP contribution is -2.32. The van der Waals surface area contributed by atoms with Crippen LogP contribution >= 0.6 is 0 Å². The van der Waals surface area contributed by atoms with Gasteiger partial charge in [0, 0.05) is 13.0 Å². The molecule has 0 amide bonds. The lowest BCUT2D eigenvalue weighted by molar-refractivity contribution is -0.0527. The second-order valence-electron chi connectivity index (χ2n) is 4.59. The number of rotatable bonds is 0. The van der Waals surface area contributed by atoms with Crippen LogP contribution in [0.4, 0.5) is 0 Å². The summed E-state index contributed by atoms with van der Waals surface area (Å²) in [6.07, 6.45) is 5.19. The third-order valence-electron chi connectivity index (χ3n) is 3.71. The van der Waals surface area contributed by atoms with Crippen molar-refractivity contribution < 1.29 is 9.47 Å². The van der Waals surface area contributed by atoms with Gasteiger partial charge in [-0.15, -0.1) is 0 Å². The van der Waals surface area contributed by atoms with Crippen molar-refractivity contribution in [3.05, 3.63) is 0 Å². The van der Waals surface area contributed by atoms with Crippen molar-refractivity contribution in [3.63, 3.8) is 0 Å². The third-order valence-corrected chi connectivity index (χ3v) is 3.71. The van der Waals surface area contributed by atoms with E-state index in [2.05, 4.69) is 0 Å². The highest BCUT2D eigenvalue weighted by molar-refractivity contribution is 4.95. The maximum Gasteiger partial charge on any atom is 0.0936 e. The SMILES string of the molecule is C1C[C@]2(CC[C@@H]3C[C@@H]3CO2)CO1. The van der Waals surface area contributed by atoms with Gasteiger partial charge in [-0.3, -0.25) is 0 Å². The van der Waals surface area contributed by atoms with Gasteiger partial charge < -0.3 is 9.47 Å². The van der Waals surface area contributed by atoms with E-state index in [9.17, 15) is 0 Å². The predicted octanol–water partition coefficient (Wildman–Crippen LogP) is 1.59. The van der Waals surface area contributed by atoms with Crippen molar-refractivity contribution in [2.75, 3.05) is 19.8 Å². The Labute approximate surface area is 73.2 Å². The molecule has 0 aromatic rings. The first-order valence-corrected chi connectivity index (χ1v) is 5.10. The van der Waals surface area contributed by atoms with Crippen LogP contribution < -0.4 is 0 Å². The standard InChI is InChI=1S/C10H16O2/c1-2-10(3-4-11-7-10)12-6-9-5-8(1)9/h8-9H,1-7H2/t8-,9-,10-/m1/s1. The average Bonchev–Trinajstić information content (AvgIpc) is 2.70. The van der Waals surface area contributed by atoms with Crippen LogP contribution in [0.2, 0.25) is 0 Å². The Morgan fingerprint density at radius 1 is 1.17 bits per heavy atom. The van der Waals surface area contributed by atoms with Gasteiger partial charge in [-0.25, -0.2) is 0 Å². The molecule has 0 unspecified atom stereocenters. The van der Waals surface area contributed by atoms with Crippen molar-refractivity contribution in [3.8, 4) is 0 Å². The summed E-state index contributed by atoms with van der Waals surface area (Å²) in [4.78, 5) is 0. The van der Waals surface area contributed by atoms with Crippen molar-refractivity contribution in [1.82, 2.24) is 0 Å². The molecule has 2 heterocycles. The lowest BCUT2D eigenvalue weighted by atomic mass is 9.96. The molecule has 1 aliphatic carbocycles. The molecule has 3 rings (SSSR count). The molecule has 1 saturated carbocycles. The minimum absolute atomic E-state index is 0.146. The van der Waals surface area contributed by atoms with Gasteiger partial charge in [0.05, 0.1) is 18.8 Å². The lowest BCUT2D eigenvalue weighted by Gasteiger charge is -2.26. The first-order valence-electron chi connectivity index (χ1n) is 5.10. The summed E-state index contributed by atoms with van der Waals surface area (Å²) in [5.41, 5.74) is 0.146. The Morgan fingerprint density at radius 3 is 3.00 bits per heavy atom. The van der Waals surface area contributed by atoms with Crippen LogP contribution in [0.15, 0.2) is 0 Å². The van der Waals surface area contributed by atoms with E-state index >= 15 is 0 Å². The highest BCUT2D eigenvalue weighted by Crippen LogP contribution is 2.48. The molecule has 0 aromatic heterocycles. The zero-order valence-electron chi connectivity index (χ0n) is 7.42. The van der Waals surface area contributed by atoms with Crippen LogP contribution in [-0.2, 0) is 9.47 Å². The smallest absolute Gasteiger partial charge is 0.0936 e. The molecular weight excluding hydrogens is 152 g/mol. The van der Waals surface area contributed by atoms with E-state index in [1.165, 1.54) is 19.3 Å². The molecule has 0 bridgehead atoms. The van der Waals surface area contributed by atoms with Crippen molar-refractivity contribution in [2.24, 2.45) is 11.8 Å². The fraction of sp³-hybridized carbons (Fsp3) is 1.00. The Bertz CT molecular complexity index is 170. The van der Waals surface area contributed by atoms with E-state index < -0.39 is 0 Å². The summed E-state index contributed by atoms with van der Waals surface area (Å²) >= 11 is 0. The monoisotopic (exact) mass is 168 g/mol. The average molecular weight is 168 g/mol. The molecule has 12 heavy (non-hydrogen) atoms. The number of hydrogen-bond donors (Lipinski definition) is 0. The normalized spacial score (nSPS) is 52.0. The molecule has 2 heteroatoms. The molecule has 2 nitrogen and oxygen atoms in total. The Kier molecular flexibility index (Phi) is 1.50. The van der Waals surface area contributed by atoms with Crippen molar-refractivity contribution in [1.29, 1.82) is 0 Å². The van der Waals surface area contributed by atoms with Crippen LogP contribution in [0.25, 0.3) is 0 Å². The van der Waals surface area contributed by atoms with Crippen LogP contribution in [-0.4, -0.2) is 25.4 Å². The Balaban J connectivity index is 1.71. The first kappa shape index (κ1) is 7.34. The minimum Gasteiger partial charge on any atom is -0.378 e. The van der Waals surface area contributed by atoms with E-state index in [0.29, 0.717) is 0 Å². The zero-order valence-corrected chi connectivity index (χ0v) is 7.42. The van der Waals surface area contributed by atoms with E-state index in [0.717, 1.165) is 38.1 Å². The van der Waals surface area contributed by atoms with E-state index in [1.807, 2.05) is 0 Å². The molecule has 0 N–H and O–H groups in total. The van der Waals surface area contributed by atoms with Gasteiger partial charge in [-0.1, -0.05) is 0 Å². The van der Waals surface area contributed by atoms with Gasteiger partial charge in [0.1, 0.15) is 0 Å². The maximum atomic E-state index is 5.98. The van der Waals surface area contributed by atoms with Gasteiger partial charge in [-0.05, 0) is 31.1 Å². The fourth-order valence-electron chi connectivity index (χ4n) is 2.57. The quantitative estimate of drug-likeness (QED) is 0.547. The molecule has 1 spiro atoms. The highest BCUT2D eigenvalue weighted by Gasteiger charge is 2.46. The van der Waals surface area contributed by atoms with Gasteiger partial charge in [-0.2, -0.15) is 0 Å². The molecule has 68 valence electrons. The molecule has 3 atom stereocenters. The van der Waals surface area contributed by atoms with Crippen LogP contribution in [0.1, 0.15) is 25.7 Å². The van der Waals surface area contributed by atoms with Gasteiger partial charge in [0.25, 0.3) is 0 Å². The van der Waals surface area contributed by atoms with Gasteiger partial charge >= 0.3 is 0 Å². The zero-order chi connectivity index (χ0) is 8.02. The molecule has 3 aliphatic rings. The first-order chi connectivity index (χ1) is 5.88. The minimum atomic E-state index is 0.146. The van der Waals surface area contributed by atoms with Crippen molar-refractivity contribution >= 4 is 0 Å². The summed E-state index contributed by atoms with van der Waals surface area (Å²) in [5.74, 6) is 1.91. The Morgan fingerprint density at radius 2 is 2.17 bits per heavy atom. The number of hydrogen-bond acceptors (Lipinski definition) is 2. The van der Waals surface area contributed by atoms with Gasteiger partial charge in [0.2, 0.25) is 0 Å². The number of ether oxygens (including phenoxy) is 2. The molecule has 2 aliphatic heterocycles. The summed E-state index contributed by atoms with van der Waals surface area (Å²) in [6, 6.07) is 0. The fourth-order valence-corrected chi connectivity index (χ4v) is 2.57. The molecular formula is C10H16O2. The Hall–Kier alpha value is -0.0800. The summed E-state index contributed by atoms with van der Waals surface area (Å²) in [5, 5.41) is 0. The summed E-state index contributed by atoms with van der Waals surface area (Å²) in [7, 11) is 0. The second kappa shape index (κ2) is 2.46. The maximum absolute atomic E-state index is 5.98.